The molecule has 152 valence electrons. The van der Waals surface area contributed by atoms with Crippen LogP contribution in [-0.2, 0) is 20.7 Å². The van der Waals surface area contributed by atoms with Crippen molar-refractivity contribution in [2.24, 2.45) is 0 Å². The molecule has 28 heavy (non-hydrogen) atoms. The Labute approximate surface area is 163 Å². The van der Waals surface area contributed by atoms with Gasteiger partial charge in [0, 0.05) is 6.42 Å². The highest BCUT2D eigenvalue weighted by molar-refractivity contribution is 5.80. The molecule has 1 aromatic carbocycles. The molecule has 0 aliphatic heterocycles. The molecule has 0 radical (unpaired) electrons. The lowest BCUT2D eigenvalue weighted by Crippen LogP contribution is -2.31. The number of rotatable bonds is 10. The van der Waals surface area contributed by atoms with E-state index in [1.165, 1.54) is 27.6 Å². The average molecular weight is 391 g/mol. The number of carbonyl (C=O) groups is 2. The van der Waals surface area contributed by atoms with Crippen LogP contribution in [0.1, 0.15) is 30.7 Å². The fourth-order valence-corrected chi connectivity index (χ4v) is 2.64. The number of amides is 1. The summed E-state index contributed by atoms with van der Waals surface area (Å²) in [7, 11) is 4.57. The van der Waals surface area contributed by atoms with Crippen molar-refractivity contribution < 1.29 is 33.0 Å². The van der Waals surface area contributed by atoms with Gasteiger partial charge in [-0.2, -0.15) is 0 Å². The van der Waals surface area contributed by atoms with E-state index in [4.69, 9.17) is 23.4 Å². The fourth-order valence-electron chi connectivity index (χ4n) is 2.64. The van der Waals surface area contributed by atoms with Crippen LogP contribution in [0.15, 0.2) is 34.9 Å². The molecule has 1 N–H and O–H groups in total. The summed E-state index contributed by atoms with van der Waals surface area (Å²) in [5, 5.41) is 2.70. The van der Waals surface area contributed by atoms with Crippen LogP contribution < -0.4 is 19.5 Å². The van der Waals surface area contributed by atoms with Gasteiger partial charge in [-0.05, 0) is 43.2 Å². The zero-order chi connectivity index (χ0) is 20.5. The Morgan fingerprint density at radius 3 is 2.32 bits per heavy atom. The lowest BCUT2D eigenvalue weighted by molar-refractivity contribution is -0.148. The number of methoxy groups -OCH3 is 3. The van der Waals surface area contributed by atoms with Crippen molar-refractivity contribution in [2.75, 3.05) is 27.9 Å². The monoisotopic (exact) mass is 391 g/mol. The summed E-state index contributed by atoms with van der Waals surface area (Å²) in [4.78, 5) is 23.8. The number of benzene rings is 1. The predicted molar refractivity (Wildman–Crippen MR) is 101 cm³/mol. The molecule has 8 heteroatoms. The Morgan fingerprint density at radius 2 is 1.79 bits per heavy atom. The number of carbonyl (C=O) groups excluding carboxylic acids is 2. The number of ether oxygens (including phenoxy) is 4. The summed E-state index contributed by atoms with van der Waals surface area (Å²) < 4.78 is 26.1. The molecular weight excluding hydrogens is 366 g/mol. The Bertz CT molecular complexity index is 761. The maximum atomic E-state index is 12.0. The van der Waals surface area contributed by atoms with Crippen LogP contribution in [0.25, 0.3) is 0 Å². The van der Waals surface area contributed by atoms with E-state index < -0.39 is 11.9 Å². The molecule has 1 amide bonds. The van der Waals surface area contributed by atoms with Gasteiger partial charge in [0.15, 0.2) is 18.1 Å². The van der Waals surface area contributed by atoms with Gasteiger partial charge in [-0.15, -0.1) is 0 Å². The average Bonchev–Trinajstić information content (AvgIpc) is 3.24. The Balaban J connectivity index is 1.83. The Kier molecular flexibility index (Phi) is 7.74. The standard InChI is InChI=1S/C20H25NO7/c1-13(15-6-5-9-27-15)21-18(22)12-28-19(23)8-7-14-10-16(24-2)20(26-4)17(11-14)25-3/h5-6,9-11,13H,7-8,12H2,1-4H3,(H,21,22)/t13-/m1/s1. The second-order valence-corrected chi connectivity index (χ2v) is 6.00. The van der Waals surface area contributed by atoms with Crippen LogP contribution in [0.3, 0.4) is 0 Å². The van der Waals surface area contributed by atoms with Crippen molar-refractivity contribution in [3.8, 4) is 17.2 Å². The fraction of sp³-hybridized carbons (Fsp3) is 0.400. The number of aryl methyl sites for hydroxylation is 1. The maximum Gasteiger partial charge on any atom is 0.306 e. The molecule has 0 unspecified atom stereocenters. The van der Waals surface area contributed by atoms with Crippen LogP contribution in [0.4, 0.5) is 0 Å². The second-order valence-electron chi connectivity index (χ2n) is 6.00. The lowest BCUT2D eigenvalue weighted by Gasteiger charge is -2.14. The molecule has 0 saturated heterocycles. The third-order valence-corrected chi connectivity index (χ3v) is 4.05. The molecule has 2 aromatic rings. The van der Waals surface area contributed by atoms with E-state index in [2.05, 4.69) is 5.32 Å². The Morgan fingerprint density at radius 1 is 1.11 bits per heavy atom. The first-order valence-electron chi connectivity index (χ1n) is 8.75. The molecular formula is C20H25NO7. The molecule has 0 saturated carbocycles. The summed E-state index contributed by atoms with van der Waals surface area (Å²) in [5.41, 5.74) is 0.822. The molecule has 0 spiro atoms. The first-order valence-corrected chi connectivity index (χ1v) is 8.75. The van der Waals surface area contributed by atoms with Gasteiger partial charge in [-0.3, -0.25) is 9.59 Å². The summed E-state index contributed by atoms with van der Waals surface area (Å²) >= 11 is 0. The zero-order valence-electron chi connectivity index (χ0n) is 16.4. The lowest BCUT2D eigenvalue weighted by atomic mass is 10.1. The van der Waals surface area contributed by atoms with Gasteiger partial charge in [-0.25, -0.2) is 0 Å². The molecule has 8 nitrogen and oxygen atoms in total. The van der Waals surface area contributed by atoms with Crippen molar-refractivity contribution in [1.82, 2.24) is 5.32 Å². The number of esters is 1. The van der Waals surface area contributed by atoms with Crippen LogP contribution in [0, 0.1) is 0 Å². The van der Waals surface area contributed by atoms with Crippen molar-refractivity contribution in [3.63, 3.8) is 0 Å². The molecule has 0 aliphatic carbocycles. The first kappa shape index (κ1) is 21.1. The summed E-state index contributed by atoms with van der Waals surface area (Å²) in [6, 6.07) is 6.73. The van der Waals surface area contributed by atoms with Gasteiger partial charge in [0.05, 0.1) is 33.6 Å². The highest BCUT2D eigenvalue weighted by atomic mass is 16.5. The SMILES string of the molecule is COc1cc(CCC(=O)OCC(=O)N[C@H](C)c2ccco2)cc(OC)c1OC. The first-order chi connectivity index (χ1) is 13.5. The molecule has 0 aliphatic rings. The van der Waals surface area contributed by atoms with Crippen LogP contribution >= 0.6 is 0 Å². The third-order valence-electron chi connectivity index (χ3n) is 4.05. The maximum absolute atomic E-state index is 12.0. The molecule has 1 atom stereocenters. The second kappa shape index (κ2) is 10.2. The summed E-state index contributed by atoms with van der Waals surface area (Å²) in [6.07, 6.45) is 2.04. The highest BCUT2D eigenvalue weighted by Gasteiger charge is 2.16. The van der Waals surface area contributed by atoms with Gasteiger partial charge < -0.3 is 28.7 Å². The van der Waals surface area contributed by atoms with Crippen molar-refractivity contribution >= 4 is 11.9 Å². The molecule has 1 aromatic heterocycles. The molecule has 1 heterocycles. The van der Waals surface area contributed by atoms with Gasteiger partial charge >= 0.3 is 5.97 Å². The van der Waals surface area contributed by atoms with E-state index in [1.807, 2.05) is 0 Å². The smallest absolute Gasteiger partial charge is 0.306 e. The minimum atomic E-state index is -0.477. The van der Waals surface area contributed by atoms with Gasteiger partial charge in [0.2, 0.25) is 5.75 Å². The zero-order valence-corrected chi connectivity index (χ0v) is 16.4. The van der Waals surface area contributed by atoms with E-state index in [1.54, 1.807) is 31.2 Å². The predicted octanol–water partition coefficient (Wildman–Crippen LogP) is 2.66. The van der Waals surface area contributed by atoms with Crippen LogP contribution in [0.2, 0.25) is 0 Å². The largest absolute Gasteiger partial charge is 0.493 e. The third kappa shape index (κ3) is 5.67. The summed E-state index contributed by atoms with van der Waals surface area (Å²) in [5.74, 6) is 1.26. The molecule has 2 rings (SSSR count). The van der Waals surface area contributed by atoms with Crippen molar-refractivity contribution in [2.45, 2.75) is 25.8 Å². The normalized spacial score (nSPS) is 11.4. The van der Waals surface area contributed by atoms with Gasteiger partial charge in [0.25, 0.3) is 5.91 Å². The highest BCUT2D eigenvalue weighted by Crippen LogP contribution is 2.38. The van der Waals surface area contributed by atoms with Crippen molar-refractivity contribution in [3.05, 3.63) is 41.9 Å². The quantitative estimate of drug-likeness (QED) is 0.622. The van der Waals surface area contributed by atoms with Crippen LogP contribution in [-0.4, -0.2) is 39.8 Å². The number of nitrogens with one attached hydrogen (secondary N) is 1. The number of hydrogen-bond acceptors (Lipinski definition) is 7. The van der Waals surface area contributed by atoms with Gasteiger partial charge in [0.1, 0.15) is 5.76 Å². The topological polar surface area (TPSA) is 96.2 Å². The van der Waals surface area contributed by atoms with E-state index in [-0.39, 0.29) is 19.1 Å². The van der Waals surface area contributed by atoms with E-state index in [9.17, 15) is 9.59 Å². The minimum absolute atomic E-state index is 0.111. The molecule has 0 fully saturated rings. The van der Waals surface area contributed by atoms with E-state index in [0.717, 1.165) is 5.56 Å². The van der Waals surface area contributed by atoms with E-state index >= 15 is 0 Å². The van der Waals surface area contributed by atoms with E-state index in [0.29, 0.717) is 29.4 Å². The van der Waals surface area contributed by atoms with Crippen molar-refractivity contribution in [1.29, 1.82) is 0 Å². The minimum Gasteiger partial charge on any atom is -0.493 e. The number of furan rings is 1. The molecule has 0 bridgehead atoms. The summed E-state index contributed by atoms with van der Waals surface area (Å²) in [6.45, 7) is 1.43. The van der Waals surface area contributed by atoms with Gasteiger partial charge in [-0.1, -0.05) is 0 Å². The number of hydrogen-bond donors (Lipinski definition) is 1. The van der Waals surface area contributed by atoms with Crippen LogP contribution in [0.5, 0.6) is 17.2 Å². The Hall–Kier alpha value is -3.16.